The van der Waals surface area contributed by atoms with E-state index in [1.807, 2.05) is 0 Å². The summed E-state index contributed by atoms with van der Waals surface area (Å²) in [6.07, 6.45) is 4.99. The molecule has 35 heavy (non-hydrogen) atoms. The van der Waals surface area contributed by atoms with Crippen LogP contribution in [0.15, 0.2) is 53.2 Å². The fourth-order valence-electron chi connectivity index (χ4n) is 4.77. The van der Waals surface area contributed by atoms with Gasteiger partial charge >= 0.3 is 0 Å². The fraction of sp³-hybridized carbons (Fsp3) is 0.308. The topological polar surface area (TPSA) is 84.2 Å². The summed E-state index contributed by atoms with van der Waals surface area (Å²) in [6, 6.07) is 8.57. The second-order valence-electron chi connectivity index (χ2n) is 8.92. The Morgan fingerprint density at radius 1 is 1.17 bits per heavy atom. The van der Waals surface area contributed by atoms with E-state index >= 15 is 0 Å². The number of piperidine rings is 1. The Kier molecular flexibility index (Phi) is 6.15. The predicted octanol–water partition coefficient (Wildman–Crippen LogP) is 5.22. The summed E-state index contributed by atoms with van der Waals surface area (Å²) in [7, 11) is 0. The largest absolute Gasteiger partial charge is 0.424 e. The zero-order valence-electron chi connectivity index (χ0n) is 19.5. The molecular weight excluding hydrogens is 452 g/mol. The van der Waals surface area contributed by atoms with Gasteiger partial charge in [-0.05, 0) is 61.6 Å². The number of nitrogens with one attached hydrogen (secondary N) is 1. The summed E-state index contributed by atoms with van der Waals surface area (Å²) in [4.78, 5) is 28.5. The van der Waals surface area contributed by atoms with Crippen LogP contribution in [0.1, 0.15) is 35.7 Å². The van der Waals surface area contributed by atoms with E-state index in [-0.39, 0.29) is 29.4 Å². The van der Waals surface area contributed by atoms with Gasteiger partial charge in [0, 0.05) is 37.1 Å². The Balaban J connectivity index is 1.44. The molecule has 2 unspecified atom stereocenters. The molecule has 1 N–H and O–H groups in total. The highest BCUT2D eigenvalue weighted by Crippen LogP contribution is 2.31. The van der Waals surface area contributed by atoms with Crippen LogP contribution in [0.25, 0.3) is 22.5 Å². The number of anilines is 1. The summed E-state index contributed by atoms with van der Waals surface area (Å²) in [6.45, 7) is 4.76. The van der Waals surface area contributed by atoms with E-state index in [9.17, 15) is 13.6 Å². The highest BCUT2D eigenvalue weighted by atomic mass is 19.1. The molecule has 0 spiro atoms. The first-order chi connectivity index (χ1) is 16.9. The van der Waals surface area contributed by atoms with E-state index in [4.69, 9.17) is 4.42 Å². The molecule has 1 aliphatic heterocycles. The Bertz CT molecular complexity index is 1380. The van der Waals surface area contributed by atoms with Crippen molar-refractivity contribution in [2.24, 2.45) is 5.92 Å². The maximum atomic E-state index is 14.5. The molecule has 2 aromatic heterocycles. The van der Waals surface area contributed by atoms with Crippen LogP contribution in [0.4, 0.5) is 14.8 Å². The van der Waals surface area contributed by atoms with Crippen LogP contribution in [-0.2, 0) is 0 Å². The Hall–Kier alpha value is -3.88. The zero-order valence-corrected chi connectivity index (χ0v) is 19.5. The van der Waals surface area contributed by atoms with Crippen molar-refractivity contribution in [3.8, 4) is 11.4 Å². The maximum absolute atomic E-state index is 14.5. The molecule has 9 heteroatoms. The molecule has 180 valence electrons. The van der Waals surface area contributed by atoms with Crippen LogP contribution < -0.4 is 5.32 Å². The van der Waals surface area contributed by atoms with Gasteiger partial charge in [0.15, 0.2) is 11.4 Å². The number of aromatic nitrogens is 3. The van der Waals surface area contributed by atoms with E-state index < -0.39 is 11.6 Å². The third-order valence-electron chi connectivity index (χ3n) is 6.51. The number of hydrogen-bond acceptors (Lipinski definition) is 6. The van der Waals surface area contributed by atoms with E-state index in [2.05, 4.69) is 27.2 Å². The molecule has 1 fully saturated rings. The molecule has 1 saturated heterocycles. The molecule has 1 aliphatic rings. The Labute approximate surface area is 201 Å². The number of nitrogens with zero attached hydrogens (tertiary/aromatic N) is 4. The predicted molar refractivity (Wildman–Crippen MR) is 128 cm³/mol. The number of hydrogen-bond donors (Lipinski definition) is 1. The van der Waals surface area contributed by atoms with Crippen molar-refractivity contribution in [3.05, 3.63) is 71.6 Å². The van der Waals surface area contributed by atoms with E-state index in [0.29, 0.717) is 41.1 Å². The molecule has 1 amide bonds. The van der Waals surface area contributed by atoms with E-state index in [0.717, 1.165) is 12.8 Å². The van der Waals surface area contributed by atoms with Gasteiger partial charge in [-0.3, -0.25) is 4.79 Å². The van der Waals surface area contributed by atoms with Crippen molar-refractivity contribution in [1.29, 1.82) is 0 Å². The minimum atomic E-state index is -0.482. The van der Waals surface area contributed by atoms with Crippen molar-refractivity contribution in [2.75, 3.05) is 18.4 Å². The zero-order chi connectivity index (χ0) is 24.5. The fourth-order valence-corrected chi connectivity index (χ4v) is 4.77. The molecule has 3 heterocycles. The number of likely N-dealkylation sites (tertiary alicyclic amines) is 1. The average molecular weight is 478 g/mol. The van der Waals surface area contributed by atoms with Crippen LogP contribution in [0.5, 0.6) is 0 Å². The van der Waals surface area contributed by atoms with Crippen molar-refractivity contribution in [3.63, 3.8) is 0 Å². The first-order valence-electron chi connectivity index (χ1n) is 11.6. The summed E-state index contributed by atoms with van der Waals surface area (Å²) >= 11 is 0. The standard InChI is InChI=1S/C26H25F2N5O2/c1-15-5-3-10-33(21(15)14-31-26-32-20-13-17(27)6-7-22(20)35-26)25(34)19-12-18(28)11-16(2)23(19)24-29-8-4-9-30-24/h4,6-9,11-13,15,21H,3,5,10,14H2,1-2H3,(H,31,32). The molecule has 7 nitrogen and oxygen atoms in total. The number of rotatable bonds is 5. The highest BCUT2D eigenvalue weighted by Gasteiger charge is 2.34. The highest BCUT2D eigenvalue weighted by molar-refractivity contribution is 6.01. The molecule has 2 aromatic carbocycles. The molecule has 0 saturated carbocycles. The number of aryl methyl sites for hydroxylation is 1. The number of amides is 1. The molecule has 0 bridgehead atoms. The van der Waals surface area contributed by atoms with E-state index in [1.165, 1.54) is 30.3 Å². The monoisotopic (exact) mass is 477 g/mol. The lowest BCUT2D eigenvalue weighted by Gasteiger charge is -2.40. The number of oxazole rings is 1. The number of carbonyl (C=O) groups is 1. The van der Waals surface area contributed by atoms with Crippen molar-refractivity contribution < 1.29 is 18.0 Å². The van der Waals surface area contributed by atoms with Gasteiger partial charge in [0.2, 0.25) is 0 Å². The second kappa shape index (κ2) is 9.40. The third kappa shape index (κ3) is 4.58. The lowest BCUT2D eigenvalue weighted by atomic mass is 9.89. The number of halogens is 2. The lowest BCUT2D eigenvalue weighted by molar-refractivity contribution is 0.0539. The average Bonchev–Trinajstić information content (AvgIpc) is 3.24. The molecule has 5 rings (SSSR count). The smallest absolute Gasteiger partial charge is 0.295 e. The second-order valence-corrected chi connectivity index (χ2v) is 8.92. The first-order valence-corrected chi connectivity index (χ1v) is 11.6. The van der Waals surface area contributed by atoms with Crippen molar-refractivity contribution >= 4 is 23.0 Å². The van der Waals surface area contributed by atoms with Gasteiger partial charge in [-0.15, -0.1) is 0 Å². The van der Waals surface area contributed by atoms with Gasteiger partial charge in [-0.1, -0.05) is 6.92 Å². The minimum Gasteiger partial charge on any atom is -0.424 e. The SMILES string of the molecule is Cc1cc(F)cc(C(=O)N2CCCC(C)C2CNc2nc3cc(F)ccc3o2)c1-c1ncccn1. The van der Waals surface area contributed by atoms with Gasteiger partial charge < -0.3 is 14.6 Å². The Morgan fingerprint density at radius 2 is 1.97 bits per heavy atom. The summed E-state index contributed by atoms with van der Waals surface area (Å²) < 4.78 is 33.6. The molecule has 2 atom stereocenters. The molecule has 4 aromatic rings. The van der Waals surface area contributed by atoms with Crippen LogP contribution >= 0.6 is 0 Å². The van der Waals surface area contributed by atoms with Gasteiger partial charge in [-0.25, -0.2) is 18.7 Å². The van der Waals surface area contributed by atoms with Gasteiger partial charge in [0.25, 0.3) is 11.9 Å². The normalized spacial score (nSPS) is 18.1. The number of fused-ring (bicyclic) bond motifs is 1. The lowest BCUT2D eigenvalue weighted by Crippen LogP contribution is -2.51. The van der Waals surface area contributed by atoms with Crippen LogP contribution in [0, 0.1) is 24.5 Å². The molecular formula is C26H25F2N5O2. The van der Waals surface area contributed by atoms with Crippen LogP contribution in [0.2, 0.25) is 0 Å². The van der Waals surface area contributed by atoms with Gasteiger partial charge in [-0.2, -0.15) is 4.98 Å². The number of benzene rings is 2. The summed E-state index contributed by atoms with van der Waals surface area (Å²) in [5, 5.41) is 3.17. The summed E-state index contributed by atoms with van der Waals surface area (Å²) in [5.41, 5.74) is 2.26. The Morgan fingerprint density at radius 3 is 2.77 bits per heavy atom. The van der Waals surface area contributed by atoms with E-state index in [1.54, 1.807) is 30.3 Å². The maximum Gasteiger partial charge on any atom is 0.295 e. The minimum absolute atomic E-state index is 0.184. The van der Waals surface area contributed by atoms with Gasteiger partial charge in [0.1, 0.15) is 17.2 Å². The first kappa shape index (κ1) is 22.9. The molecule has 0 aliphatic carbocycles. The van der Waals surface area contributed by atoms with Gasteiger partial charge in [0.05, 0.1) is 11.6 Å². The summed E-state index contributed by atoms with van der Waals surface area (Å²) in [5.74, 6) is -0.574. The quantitative estimate of drug-likeness (QED) is 0.424. The van der Waals surface area contributed by atoms with Crippen LogP contribution in [-0.4, -0.2) is 44.9 Å². The third-order valence-corrected chi connectivity index (χ3v) is 6.51. The van der Waals surface area contributed by atoms with Crippen molar-refractivity contribution in [1.82, 2.24) is 19.9 Å². The van der Waals surface area contributed by atoms with Crippen molar-refractivity contribution in [2.45, 2.75) is 32.7 Å². The number of carbonyl (C=O) groups excluding carboxylic acids is 1. The molecule has 0 radical (unpaired) electrons. The van der Waals surface area contributed by atoms with Crippen LogP contribution in [0.3, 0.4) is 0 Å².